The van der Waals surface area contributed by atoms with Crippen molar-refractivity contribution >= 4 is 17.7 Å². The summed E-state index contributed by atoms with van der Waals surface area (Å²) in [5, 5.41) is 11.2. The molecule has 2 aromatic rings. The van der Waals surface area contributed by atoms with Crippen LogP contribution in [-0.2, 0) is 11.4 Å². The number of nitro benzene ring substituents is 1. The first-order valence-corrected chi connectivity index (χ1v) is 7.43. The van der Waals surface area contributed by atoms with Crippen molar-refractivity contribution in [3.8, 4) is 11.5 Å². The Balaban J connectivity index is 2.26. The predicted octanol–water partition coefficient (Wildman–Crippen LogP) is 2.99. The van der Waals surface area contributed by atoms with E-state index >= 15 is 0 Å². The first kappa shape index (κ1) is 18.0. The molecule has 0 atom stereocenters. The number of nitrogens with zero attached hydrogens (tertiary/aromatic N) is 1. The number of hydrogen-bond donors (Lipinski definition) is 1. The van der Waals surface area contributed by atoms with Gasteiger partial charge in [-0.15, -0.1) is 0 Å². The highest BCUT2D eigenvalue weighted by Crippen LogP contribution is 2.30. The Labute approximate surface area is 144 Å². The Morgan fingerprint density at radius 2 is 1.96 bits per heavy atom. The van der Waals surface area contributed by atoms with Gasteiger partial charge in [-0.1, -0.05) is 12.1 Å². The lowest BCUT2D eigenvalue weighted by atomic mass is 10.1. The van der Waals surface area contributed by atoms with E-state index in [1.54, 1.807) is 43.3 Å². The second kappa shape index (κ2) is 7.96. The number of carbonyl (C=O) groups is 1. The highest BCUT2D eigenvalue weighted by Gasteiger charge is 2.16. The van der Waals surface area contributed by atoms with Crippen LogP contribution in [-0.4, -0.2) is 17.9 Å². The van der Waals surface area contributed by atoms with Crippen LogP contribution in [0.3, 0.4) is 0 Å². The van der Waals surface area contributed by atoms with Crippen molar-refractivity contribution in [3.63, 3.8) is 0 Å². The van der Waals surface area contributed by atoms with Gasteiger partial charge in [-0.3, -0.25) is 14.9 Å². The van der Waals surface area contributed by atoms with Gasteiger partial charge in [-0.05, 0) is 42.3 Å². The highest BCUT2D eigenvalue weighted by atomic mass is 16.6. The highest BCUT2D eigenvalue weighted by molar-refractivity contribution is 5.90. The van der Waals surface area contributed by atoms with Gasteiger partial charge >= 0.3 is 5.69 Å². The minimum atomic E-state index is -0.552. The molecule has 0 aliphatic heterocycles. The number of nitrogens with two attached hydrogens (primary N) is 1. The number of nitro groups is 1. The maximum absolute atomic E-state index is 11.2. The second-order valence-electron chi connectivity index (χ2n) is 5.32. The van der Waals surface area contributed by atoms with E-state index in [0.717, 1.165) is 11.1 Å². The summed E-state index contributed by atoms with van der Waals surface area (Å²) in [6.45, 7) is 1.85. The number of benzene rings is 2. The molecule has 0 aliphatic carbocycles. The van der Waals surface area contributed by atoms with E-state index in [4.69, 9.17) is 15.2 Å². The molecule has 25 heavy (non-hydrogen) atoms. The molecule has 0 aliphatic rings. The molecule has 0 saturated carbocycles. The Morgan fingerprint density at radius 1 is 1.24 bits per heavy atom. The van der Waals surface area contributed by atoms with Crippen LogP contribution in [0.4, 0.5) is 5.69 Å². The predicted molar refractivity (Wildman–Crippen MR) is 93.4 cm³/mol. The number of rotatable bonds is 7. The van der Waals surface area contributed by atoms with Crippen molar-refractivity contribution < 1.29 is 19.2 Å². The van der Waals surface area contributed by atoms with Gasteiger partial charge in [0.25, 0.3) is 0 Å². The fourth-order valence-electron chi connectivity index (χ4n) is 2.24. The second-order valence-corrected chi connectivity index (χ2v) is 5.32. The summed E-state index contributed by atoms with van der Waals surface area (Å²) >= 11 is 0. The minimum absolute atomic E-state index is 0.0747. The van der Waals surface area contributed by atoms with Gasteiger partial charge in [0.1, 0.15) is 12.4 Å². The number of primary amides is 1. The van der Waals surface area contributed by atoms with E-state index in [2.05, 4.69) is 0 Å². The molecule has 0 radical (unpaired) electrons. The van der Waals surface area contributed by atoms with Crippen LogP contribution in [0.2, 0.25) is 0 Å². The van der Waals surface area contributed by atoms with E-state index in [1.165, 1.54) is 19.3 Å². The van der Waals surface area contributed by atoms with E-state index in [9.17, 15) is 14.9 Å². The molecule has 0 heterocycles. The third kappa shape index (κ3) is 4.81. The van der Waals surface area contributed by atoms with Crippen LogP contribution in [0, 0.1) is 17.0 Å². The Hall–Kier alpha value is -3.35. The third-order valence-corrected chi connectivity index (χ3v) is 3.44. The smallest absolute Gasteiger partial charge is 0.311 e. The van der Waals surface area contributed by atoms with Crippen molar-refractivity contribution in [2.75, 3.05) is 7.11 Å². The summed E-state index contributed by atoms with van der Waals surface area (Å²) in [5.74, 6) is 0.200. The van der Waals surface area contributed by atoms with Crippen molar-refractivity contribution in [2.45, 2.75) is 13.5 Å². The van der Waals surface area contributed by atoms with E-state index < -0.39 is 10.8 Å². The molecule has 1 amide bonds. The van der Waals surface area contributed by atoms with Crippen LogP contribution in [0.25, 0.3) is 6.08 Å². The molecule has 0 unspecified atom stereocenters. The Kier molecular flexibility index (Phi) is 5.73. The summed E-state index contributed by atoms with van der Waals surface area (Å²) in [5.41, 5.74) is 7.18. The molecular formula is C18H18N2O5. The normalized spacial score (nSPS) is 10.6. The molecule has 7 nitrogen and oxygen atoms in total. The molecule has 130 valence electrons. The summed E-state index contributed by atoms with van der Waals surface area (Å²) in [4.78, 5) is 21.5. The molecule has 0 saturated heterocycles. The molecule has 2 aromatic carbocycles. The van der Waals surface area contributed by atoms with Gasteiger partial charge in [0.15, 0.2) is 5.75 Å². The average Bonchev–Trinajstić information content (AvgIpc) is 2.58. The number of carbonyl (C=O) groups excluding carboxylic acids is 1. The topological polar surface area (TPSA) is 105 Å². The Morgan fingerprint density at radius 3 is 2.60 bits per heavy atom. The van der Waals surface area contributed by atoms with Crippen LogP contribution in [0.1, 0.15) is 16.7 Å². The zero-order valence-corrected chi connectivity index (χ0v) is 13.9. The Bertz CT molecular complexity index is 830. The maximum Gasteiger partial charge on any atom is 0.311 e. The van der Waals surface area contributed by atoms with Crippen molar-refractivity contribution in [3.05, 3.63) is 69.3 Å². The SMILES string of the molecule is COc1ccc(/C=C\C(N)=O)cc1COc1ccc(C)cc1[N+](=O)[O-]. The largest absolute Gasteiger partial charge is 0.496 e. The number of methoxy groups -OCH3 is 1. The van der Waals surface area contributed by atoms with E-state index in [0.29, 0.717) is 11.3 Å². The van der Waals surface area contributed by atoms with Gasteiger partial charge < -0.3 is 15.2 Å². The van der Waals surface area contributed by atoms with Crippen LogP contribution in [0.15, 0.2) is 42.5 Å². The van der Waals surface area contributed by atoms with Crippen molar-refractivity contribution in [1.82, 2.24) is 0 Å². The lowest BCUT2D eigenvalue weighted by Gasteiger charge is -2.11. The van der Waals surface area contributed by atoms with Gasteiger partial charge in [0, 0.05) is 17.7 Å². The van der Waals surface area contributed by atoms with Crippen LogP contribution in [0.5, 0.6) is 11.5 Å². The number of aryl methyl sites for hydroxylation is 1. The quantitative estimate of drug-likeness (QED) is 0.473. The van der Waals surface area contributed by atoms with Gasteiger partial charge in [-0.25, -0.2) is 0 Å². The summed E-state index contributed by atoms with van der Waals surface area (Å²) in [6, 6.07) is 10.0. The minimum Gasteiger partial charge on any atom is -0.496 e. The standard InChI is InChI=1S/C18H18N2O5/c1-12-3-6-17(15(9-12)20(22)23)25-11-14-10-13(5-8-18(19)21)4-7-16(14)24-2/h3-10H,11H2,1-2H3,(H2,19,21)/b8-5-. The molecule has 2 N–H and O–H groups in total. The lowest BCUT2D eigenvalue weighted by molar-refractivity contribution is -0.386. The summed E-state index contributed by atoms with van der Waals surface area (Å²) < 4.78 is 10.9. The molecule has 0 fully saturated rings. The molecule has 7 heteroatoms. The lowest BCUT2D eigenvalue weighted by Crippen LogP contribution is -2.05. The summed E-state index contributed by atoms with van der Waals surface area (Å²) in [6.07, 6.45) is 2.82. The van der Waals surface area contributed by atoms with Gasteiger partial charge in [0.05, 0.1) is 12.0 Å². The van der Waals surface area contributed by atoms with Gasteiger partial charge in [-0.2, -0.15) is 0 Å². The van der Waals surface area contributed by atoms with Crippen LogP contribution >= 0.6 is 0 Å². The van der Waals surface area contributed by atoms with Crippen molar-refractivity contribution in [1.29, 1.82) is 0 Å². The molecular weight excluding hydrogens is 324 g/mol. The number of amides is 1. The van der Waals surface area contributed by atoms with Gasteiger partial charge in [0.2, 0.25) is 5.91 Å². The first-order valence-electron chi connectivity index (χ1n) is 7.43. The average molecular weight is 342 g/mol. The maximum atomic E-state index is 11.2. The summed E-state index contributed by atoms with van der Waals surface area (Å²) in [7, 11) is 1.52. The zero-order valence-electron chi connectivity index (χ0n) is 13.9. The first-order chi connectivity index (χ1) is 11.9. The van der Waals surface area contributed by atoms with E-state index in [-0.39, 0.29) is 18.0 Å². The fraction of sp³-hybridized carbons (Fsp3) is 0.167. The van der Waals surface area contributed by atoms with Crippen molar-refractivity contribution in [2.24, 2.45) is 5.73 Å². The zero-order chi connectivity index (χ0) is 18.4. The van der Waals surface area contributed by atoms with Crippen LogP contribution < -0.4 is 15.2 Å². The number of hydrogen-bond acceptors (Lipinski definition) is 5. The van der Waals surface area contributed by atoms with E-state index in [1.807, 2.05) is 0 Å². The molecule has 2 rings (SSSR count). The fourth-order valence-corrected chi connectivity index (χ4v) is 2.24. The monoisotopic (exact) mass is 342 g/mol. The number of ether oxygens (including phenoxy) is 2. The molecule has 0 aromatic heterocycles. The third-order valence-electron chi connectivity index (χ3n) is 3.44. The molecule has 0 bridgehead atoms. The molecule has 0 spiro atoms.